The van der Waals surface area contributed by atoms with Gasteiger partial charge in [0.25, 0.3) is 10.2 Å². The SMILES string of the molecule is CCN(CC)S(=O)(=O)N(CC/C(N)=N/O)C1CC1. The van der Waals surface area contributed by atoms with Crippen LogP contribution in [0.4, 0.5) is 0 Å². The minimum absolute atomic E-state index is 0.0513. The quantitative estimate of drug-likeness (QED) is 0.286. The summed E-state index contributed by atoms with van der Waals surface area (Å²) < 4.78 is 27.7. The Balaban J connectivity index is 2.78. The molecule has 0 saturated heterocycles. The third kappa shape index (κ3) is 3.56. The lowest BCUT2D eigenvalue weighted by Crippen LogP contribution is -2.45. The normalized spacial score (nSPS) is 17.7. The molecule has 18 heavy (non-hydrogen) atoms. The lowest BCUT2D eigenvalue weighted by Gasteiger charge is -2.28. The number of amidine groups is 1. The average molecular weight is 278 g/mol. The number of rotatable bonds is 8. The number of hydrogen-bond acceptors (Lipinski definition) is 4. The van der Waals surface area contributed by atoms with Crippen LogP contribution in [0.2, 0.25) is 0 Å². The van der Waals surface area contributed by atoms with Gasteiger partial charge in [-0.3, -0.25) is 0 Å². The molecule has 1 aliphatic rings. The highest BCUT2D eigenvalue weighted by atomic mass is 32.2. The maximum Gasteiger partial charge on any atom is 0.282 e. The van der Waals surface area contributed by atoms with Gasteiger partial charge in [0.05, 0.1) is 0 Å². The zero-order valence-electron chi connectivity index (χ0n) is 10.9. The lowest BCUT2D eigenvalue weighted by molar-refractivity contribution is 0.313. The summed E-state index contributed by atoms with van der Waals surface area (Å²) in [5.41, 5.74) is 5.39. The molecule has 0 atom stereocenters. The van der Waals surface area contributed by atoms with Gasteiger partial charge in [0.2, 0.25) is 0 Å². The summed E-state index contributed by atoms with van der Waals surface area (Å²) in [4.78, 5) is 0. The van der Waals surface area contributed by atoms with Gasteiger partial charge in [-0.1, -0.05) is 19.0 Å². The van der Waals surface area contributed by atoms with Gasteiger partial charge in [-0.05, 0) is 12.8 Å². The van der Waals surface area contributed by atoms with E-state index in [0.717, 1.165) is 12.8 Å². The maximum atomic E-state index is 12.4. The molecule has 0 radical (unpaired) electrons. The van der Waals surface area contributed by atoms with E-state index in [1.165, 1.54) is 8.61 Å². The first-order chi connectivity index (χ1) is 8.47. The van der Waals surface area contributed by atoms with Crippen LogP contribution in [0.25, 0.3) is 0 Å². The predicted molar refractivity (Wildman–Crippen MR) is 69.6 cm³/mol. The summed E-state index contributed by atoms with van der Waals surface area (Å²) in [6.07, 6.45) is 2.01. The molecule has 0 spiro atoms. The second-order valence-electron chi connectivity index (χ2n) is 4.28. The summed E-state index contributed by atoms with van der Waals surface area (Å²) in [6.45, 7) is 4.79. The minimum Gasteiger partial charge on any atom is -0.409 e. The van der Waals surface area contributed by atoms with Gasteiger partial charge in [0, 0.05) is 32.1 Å². The van der Waals surface area contributed by atoms with Crippen molar-refractivity contribution in [1.82, 2.24) is 8.61 Å². The average Bonchev–Trinajstić information content (AvgIpc) is 3.14. The van der Waals surface area contributed by atoms with Crippen molar-refractivity contribution in [1.29, 1.82) is 0 Å². The minimum atomic E-state index is -3.43. The van der Waals surface area contributed by atoms with Crippen molar-refractivity contribution in [2.45, 2.75) is 39.2 Å². The molecule has 0 aliphatic heterocycles. The van der Waals surface area contributed by atoms with Crippen LogP contribution >= 0.6 is 0 Å². The molecule has 0 aromatic carbocycles. The summed E-state index contributed by atoms with van der Waals surface area (Å²) in [5, 5.41) is 11.4. The molecule has 1 rings (SSSR count). The standard InChI is InChI=1S/C10H22N4O3S/c1-3-13(4-2)18(16,17)14(9-5-6-9)8-7-10(11)12-15/h9,15H,3-8H2,1-2H3,(H2,11,12). The Labute approximate surface area is 108 Å². The fraction of sp³-hybridized carbons (Fsp3) is 0.900. The Morgan fingerprint density at radius 3 is 2.33 bits per heavy atom. The molecule has 1 aliphatic carbocycles. The molecular weight excluding hydrogens is 256 g/mol. The Hall–Kier alpha value is -0.860. The number of nitrogens with two attached hydrogens (primary N) is 1. The monoisotopic (exact) mass is 278 g/mol. The number of hydrogen-bond donors (Lipinski definition) is 2. The molecule has 7 nitrogen and oxygen atoms in total. The van der Waals surface area contributed by atoms with Crippen LogP contribution in [-0.2, 0) is 10.2 Å². The van der Waals surface area contributed by atoms with Crippen molar-refractivity contribution in [3.05, 3.63) is 0 Å². The molecular formula is C10H22N4O3S. The second kappa shape index (κ2) is 6.35. The van der Waals surface area contributed by atoms with Gasteiger partial charge >= 0.3 is 0 Å². The van der Waals surface area contributed by atoms with Gasteiger partial charge in [-0.25, -0.2) is 0 Å². The Morgan fingerprint density at radius 1 is 1.39 bits per heavy atom. The van der Waals surface area contributed by atoms with Gasteiger partial charge in [0.15, 0.2) is 0 Å². The lowest BCUT2D eigenvalue weighted by atomic mass is 10.4. The van der Waals surface area contributed by atoms with Crippen molar-refractivity contribution >= 4 is 16.0 Å². The number of nitrogens with zero attached hydrogens (tertiary/aromatic N) is 3. The highest BCUT2D eigenvalue weighted by Crippen LogP contribution is 2.30. The summed E-state index contributed by atoms with van der Waals surface area (Å²) in [5.74, 6) is 0.0513. The third-order valence-corrected chi connectivity index (χ3v) is 5.24. The topological polar surface area (TPSA) is 99.2 Å². The van der Waals surface area contributed by atoms with Crippen LogP contribution < -0.4 is 5.73 Å². The number of oxime groups is 1. The highest BCUT2D eigenvalue weighted by molar-refractivity contribution is 7.86. The van der Waals surface area contributed by atoms with Crippen LogP contribution in [0.1, 0.15) is 33.1 Å². The van der Waals surface area contributed by atoms with E-state index in [-0.39, 0.29) is 24.8 Å². The van der Waals surface area contributed by atoms with Gasteiger partial charge in [-0.15, -0.1) is 0 Å². The summed E-state index contributed by atoms with van der Waals surface area (Å²) >= 11 is 0. The second-order valence-corrected chi connectivity index (χ2v) is 6.16. The maximum absolute atomic E-state index is 12.4. The molecule has 0 aromatic rings. The van der Waals surface area contributed by atoms with E-state index in [1.54, 1.807) is 0 Å². The Bertz CT molecular complexity index is 388. The molecule has 1 fully saturated rings. The molecule has 0 unspecified atom stereocenters. The van der Waals surface area contributed by atoms with Crippen LogP contribution in [0, 0.1) is 0 Å². The first kappa shape index (κ1) is 15.2. The van der Waals surface area contributed by atoms with E-state index in [2.05, 4.69) is 5.16 Å². The van der Waals surface area contributed by atoms with Crippen molar-refractivity contribution in [2.24, 2.45) is 10.9 Å². The van der Waals surface area contributed by atoms with Crippen LogP contribution in [0.15, 0.2) is 5.16 Å². The fourth-order valence-electron chi connectivity index (χ4n) is 1.82. The fourth-order valence-corrected chi connectivity index (χ4v) is 3.68. The van der Waals surface area contributed by atoms with E-state index in [4.69, 9.17) is 10.9 Å². The van der Waals surface area contributed by atoms with Crippen molar-refractivity contribution < 1.29 is 13.6 Å². The molecule has 3 N–H and O–H groups in total. The predicted octanol–water partition coefficient (Wildman–Crippen LogP) is 0.174. The molecule has 1 saturated carbocycles. The van der Waals surface area contributed by atoms with E-state index < -0.39 is 10.2 Å². The van der Waals surface area contributed by atoms with Crippen molar-refractivity contribution in [3.8, 4) is 0 Å². The molecule has 0 aromatic heterocycles. The summed E-state index contributed by atoms with van der Waals surface area (Å²) in [6, 6.07) is 0.0714. The zero-order valence-corrected chi connectivity index (χ0v) is 11.7. The molecule has 0 amide bonds. The van der Waals surface area contributed by atoms with Gasteiger partial charge < -0.3 is 10.9 Å². The highest BCUT2D eigenvalue weighted by Gasteiger charge is 2.39. The van der Waals surface area contributed by atoms with Crippen molar-refractivity contribution in [2.75, 3.05) is 19.6 Å². The van der Waals surface area contributed by atoms with E-state index >= 15 is 0 Å². The first-order valence-electron chi connectivity index (χ1n) is 6.20. The van der Waals surface area contributed by atoms with E-state index in [1.807, 2.05) is 13.8 Å². The van der Waals surface area contributed by atoms with E-state index in [0.29, 0.717) is 13.1 Å². The smallest absolute Gasteiger partial charge is 0.282 e. The molecule has 0 bridgehead atoms. The van der Waals surface area contributed by atoms with Crippen LogP contribution in [0.5, 0.6) is 0 Å². The molecule has 106 valence electrons. The van der Waals surface area contributed by atoms with Crippen LogP contribution in [-0.4, -0.2) is 53.7 Å². The first-order valence-corrected chi connectivity index (χ1v) is 7.60. The van der Waals surface area contributed by atoms with Crippen molar-refractivity contribution in [3.63, 3.8) is 0 Å². The molecule has 0 heterocycles. The van der Waals surface area contributed by atoms with Crippen LogP contribution in [0.3, 0.4) is 0 Å². The summed E-state index contributed by atoms with van der Waals surface area (Å²) in [7, 11) is -3.43. The Morgan fingerprint density at radius 2 is 1.94 bits per heavy atom. The molecule has 8 heteroatoms. The largest absolute Gasteiger partial charge is 0.409 e. The van der Waals surface area contributed by atoms with Gasteiger partial charge in [-0.2, -0.15) is 17.0 Å². The third-order valence-electron chi connectivity index (χ3n) is 3.00. The van der Waals surface area contributed by atoms with Gasteiger partial charge in [0.1, 0.15) is 5.84 Å². The van der Waals surface area contributed by atoms with E-state index in [9.17, 15) is 8.42 Å². The Kier molecular flexibility index (Phi) is 5.36. The zero-order chi connectivity index (χ0) is 13.8.